The molecule has 0 spiro atoms. The fraction of sp³-hybridized carbons (Fsp3) is 0.364. The van der Waals surface area contributed by atoms with Crippen molar-refractivity contribution >= 4 is 17.3 Å². The molecule has 0 radical (unpaired) electrons. The maximum absolute atomic E-state index is 11.0. The van der Waals surface area contributed by atoms with E-state index in [0.29, 0.717) is 5.69 Å². The number of nitroso groups, excluding NO2 is 1. The average Bonchev–Trinajstić information content (AvgIpc) is 2.81. The number of hydrogen-bond donors (Lipinski definition) is 1. The van der Waals surface area contributed by atoms with Crippen molar-refractivity contribution in [3.8, 4) is 0 Å². The zero-order valence-electron chi connectivity index (χ0n) is 8.72. The third-order valence-corrected chi connectivity index (χ3v) is 2.76. The van der Waals surface area contributed by atoms with Crippen LogP contribution in [0.15, 0.2) is 23.4 Å². The molecule has 1 aliphatic rings. The zero-order chi connectivity index (χ0) is 11.5. The second kappa shape index (κ2) is 4.30. The minimum atomic E-state index is -0.973. The molecule has 5 heteroatoms. The van der Waals surface area contributed by atoms with Gasteiger partial charge >= 0.3 is 5.97 Å². The molecule has 1 N–H and O–H groups in total. The van der Waals surface area contributed by atoms with Crippen LogP contribution in [0.2, 0.25) is 0 Å². The first kappa shape index (κ1) is 10.6. The van der Waals surface area contributed by atoms with Gasteiger partial charge in [-0.2, -0.15) is 0 Å². The summed E-state index contributed by atoms with van der Waals surface area (Å²) in [6.07, 6.45) is 2.11. The number of carboxylic acids is 1. The van der Waals surface area contributed by atoms with E-state index >= 15 is 0 Å². The molecule has 1 fully saturated rings. The van der Waals surface area contributed by atoms with Gasteiger partial charge in [0.2, 0.25) is 0 Å². The predicted molar refractivity (Wildman–Crippen MR) is 60.3 cm³/mol. The van der Waals surface area contributed by atoms with E-state index in [-0.39, 0.29) is 11.3 Å². The van der Waals surface area contributed by atoms with Crippen LogP contribution in [-0.2, 0) is 0 Å². The van der Waals surface area contributed by atoms with Crippen molar-refractivity contribution in [2.45, 2.75) is 12.8 Å². The lowest BCUT2D eigenvalue weighted by atomic mass is 10.1. The molecule has 0 bridgehead atoms. The van der Waals surface area contributed by atoms with Crippen molar-refractivity contribution in [1.82, 2.24) is 0 Å². The molecule has 0 aromatic heterocycles. The van der Waals surface area contributed by atoms with Gasteiger partial charge in [0.15, 0.2) is 0 Å². The minimum Gasteiger partial charge on any atom is -0.478 e. The normalized spacial score (nSPS) is 15.1. The highest BCUT2D eigenvalue weighted by atomic mass is 16.4. The second-order valence-electron chi connectivity index (χ2n) is 3.79. The standard InChI is InChI=1S/C11H12N2O3/c14-11(15)9-4-3-8(12-16)7-10(9)13-5-1-2-6-13/h3-4,7H,1-2,5-6H2,(H,14,15). The predicted octanol–water partition coefficient (Wildman–Crippen LogP) is 2.38. The third kappa shape index (κ3) is 1.88. The maximum Gasteiger partial charge on any atom is 0.337 e. The van der Waals surface area contributed by atoms with Crippen molar-refractivity contribution in [2.24, 2.45) is 5.18 Å². The lowest BCUT2D eigenvalue weighted by molar-refractivity contribution is 0.0697. The molecule has 84 valence electrons. The molecule has 1 heterocycles. The van der Waals surface area contributed by atoms with E-state index in [4.69, 9.17) is 5.11 Å². The van der Waals surface area contributed by atoms with Crippen LogP contribution in [0.25, 0.3) is 0 Å². The molecule has 1 aromatic rings. The Balaban J connectivity index is 2.44. The Labute approximate surface area is 92.7 Å². The molecular weight excluding hydrogens is 208 g/mol. The maximum atomic E-state index is 11.0. The lowest BCUT2D eigenvalue weighted by Crippen LogP contribution is -2.20. The van der Waals surface area contributed by atoms with Crippen molar-refractivity contribution in [3.05, 3.63) is 28.7 Å². The summed E-state index contributed by atoms with van der Waals surface area (Å²) in [5.41, 5.74) is 1.10. The Morgan fingerprint density at radius 3 is 2.56 bits per heavy atom. The molecule has 0 aliphatic carbocycles. The van der Waals surface area contributed by atoms with E-state index in [1.54, 1.807) is 6.07 Å². The first-order valence-electron chi connectivity index (χ1n) is 5.18. The fourth-order valence-electron chi connectivity index (χ4n) is 1.98. The van der Waals surface area contributed by atoms with E-state index in [0.717, 1.165) is 25.9 Å². The molecule has 0 saturated carbocycles. The first-order valence-corrected chi connectivity index (χ1v) is 5.18. The van der Waals surface area contributed by atoms with Crippen molar-refractivity contribution in [3.63, 3.8) is 0 Å². The molecule has 2 rings (SSSR count). The highest BCUT2D eigenvalue weighted by Gasteiger charge is 2.19. The summed E-state index contributed by atoms with van der Waals surface area (Å²) < 4.78 is 0. The quantitative estimate of drug-likeness (QED) is 0.794. The minimum absolute atomic E-state index is 0.231. The van der Waals surface area contributed by atoms with Crippen LogP contribution >= 0.6 is 0 Å². The Bertz CT molecular complexity index is 425. The SMILES string of the molecule is O=Nc1ccc(C(=O)O)c(N2CCCC2)c1. The number of carboxylic acid groups (broad SMARTS) is 1. The summed E-state index contributed by atoms with van der Waals surface area (Å²) in [4.78, 5) is 23.5. The number of hydrogen-bond acceptors (Lipinski definition) is 4. The molecule has 16 heavy (non-hydrogen) atoms. The summed E-state index contributed by atoms with van der Waals surface area (Å²) in [5, 5.41) is 11.9. The van der Waals surface area contributed by atoms with Gasteiger partial charge in [0.25, 0.3) is 0 Å². The third-order valence-electron chi connectivity index (χ3n) is 2.76. The van der Waals surface area contributed by atoms with Gasteiger partial charge in [0.1, 0.15) is 5.69 Å². The van der Waals surface area contributed by atoms with Gasteiger partial charge in [-0.05, 0) is 36.2 Å². The summed E-state index contributed by atoms with van der Waals surface area (Å²) in [7, 11) is 0. The number of anilines is 1. The fourth-order valence-corrected chi connectivity index (χ4v) is 1.98. The smallest absolute Gasteiger partial charge is 0.337 e. The van der Waals surface area contributed by atoms with Gasteiger partial charge in [-0.15, -0.1) is 4.91 Å². The van der Waals surface area contributed by atoms with E-state index in [2.05, 4.69) is 5.18 Å². The molecule has 5 nitrogen and oxygen atoms in total. The molecule has 1 aliphatic heterocycles. The molecular formula is C11H12N2O3. The van der Waals surface area contributed by atoms with Crippen LogP contribution in [0.4, 0.5) is 11.4 Å². The summed E-state index contributed by atoms with van der Waals surface area (Å²) in [5.74, 6) is -0.973. The molecule has 0 atom stereocenters. The van der Waals surface area contributed by atoms with Crippen LogP contribution in [0.3, 0.4) is 0 Å². The Morgan fingerprint density at radius 2 is 2.00 bits per heavy atom. The highest BCUT2D eigenvalue weighted by Crippen LogP contribution is 2.29. The van der Waals surface area contributed by atoms with Crippen LogP contribution in [0.1, 0.15) is 23.2 Å². The van der Waals surface area contributed by atoms with E-state index in [1.807, 2.05) is 4.90 Å². The van der Waals surface area contributed by atoms with Crippen molar-refractivity contribution < 1.29 is 9.90 Å². The van der Waals surface area contributed by atoms with Crippen molar-refractivity contribution in [1.29, 1.82) is 0 Å². The van der Waals surface area contributed by atoms with Crippen LogP contribution < -0.4 is 4.90 Å². The number of nitrogens with zero attached hydrogens (tertiary/aromatic N) is 2. The Kier molecular flexibility index (Phi) is 2.85. The van der Waals surface area contributed by atoms with Crippen molar-refractivity contribution in [2.75, 3.05) is 18.0 Å². The van der Waals surface area contributed by atoms with Gasteiger partial charge in [-0.3, -0.25) is 0 Å². The molecule has 1 saturated heterocycles. The van der Waals surface area contributed by atoms with E-state index in [1.165, 1.54) is 12.1 Å². The zero-order valence-corrected chi connectivity index (χ0v) is 8.72. The second-order valence-corrected chi connectivity index (χ2v) is 3.79. The van der Waals surface area contributed by atoms with Gasteiger partial charge in [-0.1, -0.05) is 0 Å². The summed E-state index contributed by atoms with van der Waals surface area (Å²) >= 11 is 0. The largest absolute Gasteiger partial charge is 0.478 e. The van der Waals surface area contributed by atoms with Crippen LogP contribution in [0.5, 0.6) is 0 Å². The highest BCUT2D eigenvalue weighted by molar-refractivity contribution is 5.95. The van der Waals surface area contributed by atoms with Crippen LogP contribution in [0, 0.1) is 4.91 Å². The monoisotopic (exact) mass is 220 g/mol. The van der Waals surface area contributed by atoms with Gasteiger partial charge in [-0.25, -0.2) is 4.79 Å². The van der Waals surface area contributed by atoms with Gasteiger partial charge < -0.3 is 10.0 Å². The molecule has 0 unspecified atom stereocenters. The van der Waals surface area contributed by atoms with Crippen LogP contribution in [-0.4, -0.2) is 24.2 Å². The number of carbonyl (C=O) groups is 1. The first-order chi connectivity index (χ1) is 7.72. The number of aromatic carboxylic acids is 1. The van der Waals surface area contributed by atoms with Gasteiger partial charge in [0, 0.05) is 13.1 Å². The lowest BCUT2D eigenvalue weighted by Gasteiger charge is -2.19. The topological polar surface area (TPSA) is 70.0 Å². The van der Waals surface area contributed by atoms with E-state index < -0.39 is 5.97 Å². The number of rotatable bonds is 3. The summed E-state index contributed by atoms with van der Waals surface area (Å²) in [6, 6.07) is 4.41. The molecule has 0 amide bonds. The Hall–Kier alpha value is -1.91. The van der Waals surface area contributed by atoms with Gasteiger partial charge in [0.05, 0.1) is 11.3 Å². The summed E-state index contributed by atoms with van der Waals surface area (Å²) in [6.45, 7) is 1.67. The average molecular weight is 220 g/mol. The molecule has 1 aromatic carbocycles. The number of benzene rings is 1. The van der Waals surface area contributed by atoms with E-state index in [9.17, 15) is 9.70 Å². The Morgan fingerprint density at radius 1 is 1.31 bits per heavy atom.